The summed E-state index contributed by atoms with van der Waals surface area (Å²) in [6.07, 6.45) is 1.55. The number of hydrogen-bond donors (Lipinski definition) is 2. The van der Waals surface area contributed by atoms with Crippen LogP contribution in [0, 0.1) is 0 Å². The number of hydrogen-bond acceptors (Lipinski definition) is 6. The van der Waals surface area contributed by atoms with E-state index in [1.807, 2.05) is 6.92 Å². The molecule has 2 aromatic carbocycles. The van der Waals surface area contributed by atoms with Gasteiger partial charge < -0.3 is 14.6 Å². The summed E-state index contributed by atoms with van der Waals surface area (Å²) in [4.78, 5) is 16.1. The molecule has 0 atom stereocenters. The van der Waals surface area contributed by atoms with E-state index >= 15 is 0 Å². The Bertz CT molecular complexity index is 1030. The number of methoxy groups -OCH3 is 1. The van der Waals surface area contributed by atoms with Crippen molar-refractivity contribution in [3.63, 3.8) is 0 Å². The Kier molecular flexibility index (Phi) is 6.79. The summed E-state index contributed by atoms with van der Waals surface area (Å²) in [5.41, 5.74) is 1.36. The van der Waals surface area contributed by atoms with Gasteiger partial charge in [-0.2, -0.15) is 0 Å². The molecule has 150 valence electrons. The molecular formula is C20H18ClN3O4S. The number of carboxylic acids is 1. The predicted octanol–water partition coefficient (Wildman–Crippen LogP) is 4.75. The molecule has 9 heteroatoms. The van der Waals surface area contributed by atoms with E-state index < -0.39 is 5.97 Å². The number of thioether (sulfide) groups is 1. The third kappa shape index (κ3) is 5.30. The largest absolute Gasteiger partial charge is 0.496 e. The van der Waals surface area contributed by atoms with Gasteiger partial charge in [-0.15, -0.1) is 5.10 Å². The zero-order valence-corrected chi connectivity index (χ0v) is 17.3. The first kappa shape index (κ1) is 20.8. The van der Waals surface area contributed by atoms with Gasteiger partial charge in [-0.25, -0.2) is 9.78 Å². The van der Waals surface area contributed by atoms with Crippen LogP contribution in [0.25, 0.3) is 17.5 Å². The third-order valence-corrected chi connectivity index (χ3v) is 4.90. The van der Waals surface area contributed by atoms with E-state index in [4.69, 9.17) is 21.1 Å². The maximum Gasteiger partial charge on any atom is 0.342 e. The fourth-order valence-electron chi connectivity index (χ4n) is 2.49. The molecule has 0 aliphatic carbocycles. The monoisotopic (exact) mass is 431 g/mol. The number of aromatic nitrogens is 3. The molecule has 7 nitrogen and oxygen atoms in total. The van der Waals surface area contributed by atoms with E-state index in [2.05, 4.69) is 15.2 Å². The number of nitrogens with one attached hydrogen (secondary N) is 1. The number of aliphatic carboxylic acids is 1. The van der Waals surface area contributed by atoms with Crippen LogP contribution in [0.15, 0.2) is 52.5 Å². The molecule has 29 heavy (non-hydrogen) atoms. The van der Waals surface area contributed by atoms with Crippen LogP contribution in [-0.4, -0.2) is 40.0 Å². The van der Waals surface area contributed by atoms with Crippen molar-refractivity contribution in [1.29, 1.82) is 0 Å². The molecule has 0 unspecified atom stereocenters. The van der Waals surface area contributed by atoms with Crippen molar-refractivity contribution in [2.45, 2.75) is 12.1 Å². The number of carboxylic acid groups (broad SMARTS) is 1. The Morgan fingerprint density at radius 3 is 2.69 bits per heavy atom. The lowest BCUT2D eigenvalue weighted by atomic mass is 10.2. The van der Waals surface area contributed by atoms with E-state index in [9.17, 15) is 9.90 Å². The van der Waals surface area contributed by atoms with Crippen molar-refractivity contribution >= 4 is 35.4 Å². The predicted molar refractivity (Wildman–Crippen MR) is 112 cm³/mol. The van der Waals surface area contributed by atoms with E-state index in [0.717, 1.165) is 23.1 Å². The summed E-state index contributed by atoms with van der Waals surface area (Å²) < 4.78 is 10.7. The summed E-state index contributed by atoms with van der Waals surface area (Å²) in [6.45, 7) is 2.47. The first-order chi connectivity index (χ1) is 14.0. The lowest BCUT2D eigenvalue weighted by Gasteiger charge is -2.05. The van der Waals surface area contributed by atoms with E-state index in [1.54, 1.807) is 55.7 Å². The average Bonchev–Trinajstić information content (AvgIpc) is 3.17. The minimum atomic E-state index is -1.07. The molecule has 0 aliphatic heterocycles. The number of aromatic amines is 1. The van der Waals surface area contributed by atoms with Crippen molar-refractivity contribution in [2.75, 3.05) is 13.7 Å². The SMILES string of the molecule is CCOc1ccc(/C=C(\Sc2n[nH]c(-c3cc(Cl)ccc3OC)n2)C(=O)O)cc1. The number of H-pyrrole nitrogens is 1. The summed E-state index contributed by atoms with van der Waals surface area (Å²) in [5, 5.41) is 17.2. The third-order valence-electron chi connectivity index (χ3n) is 3.78. The zero-order valence-electron chi connectivity index (χ0n) is 15.7. The minimum absolute atomic E-state index is 0.0813. The first-order valence-electron chi connectivity index (χ1n) is 8.62. The highest BCUT2D eigenvalue weighted by atomic mass is 35.5. The van der Waals surface area contributed by atoms with Crippen molar-refractivity contribution in [2.24, 2.45) is 0 Å². The lowest BCUT2D eigenvalue weighted by Crippen LogP contribution is -1.97. The molecule has 0 bridgehead atoms. The van der Waals surface area contributed by atoms with Crippen LogP contribution in [0.4, 0.5) is 0 Å². The van der Waals surface area contributed by atoms with Crippen LogP contribution < -0.4 is 9.47 Å². The van der Waals surface area contributed by atoms with Crippen molar-refractivity contribution < 1.29 is 19.4 Å². The van der Waals surface area contributed by atoms with Crippen LogP contribution >= 0.6 is 23.4 Å². The maximum absolute atomic E-state index is 11.7. The Labute approximate surface area is 176 Å². The van der Waals surface area contributed by atoms with Gasteiger partial charge in [0.25, 0.3) is 0 Å². The molecule has 2 N–H and O–H groups in total. The lowest BCUT2D eigenvalue weighted by molar-refractivity contribution is -0.131. The second kappa shape index (κ2) is 9.49. The van der Waals surface area contributed by atoms with Crippen LogP contribution in [0.2, 0.25) is 5.02 Å². The van der Waals surface area contributed by atoms with Gasteiger partial charge in [0.15, 0.2) is 5.82 Å². The van der Waals surface area contributed by atoms with Gasteiger partial charge in [-0.05, 0) is 60.7 Å². The number of ether oxygens (including phenoxy) is 2. The second-order valence-electron chi connectivity index (χ2n) is 5.73. The second-order valence-corrected chi connectivity index (χ2v) is 7.17. The molecule has 3 aromatic rings. The van der Waals surface area contributed by atoms with Crippen molar-refractivity contribution in [1.82, 2.24) is 15.2 Å². The van der Waals surface area contributed by atoms with Gasteiger partial charge in [0, 0.05) is 5.02 Å². The zero-order chi connectivity index (χ0) is 20.8. The summed E-state index contributed by atoms with van der Waals surface area (Å²) in [5.74, 6) is 0.655. The van der Waals surface area contributed by atoms with Crippen LogP contribution in [0.1, 0.15) is 12.5 Å². The van der Waals surface area contributed by atoms with Gasteiger partial charge >= 0.3 is 5.97 Å². The Morgan fingerprint density at radius 2 is 2.03 bits per heavy atom. The van der Waals surface area contributed by atoms with Gasteiger partial charge in [-0.3, -0.25) is 5.10 Å². The van der Waals surface area contributed by atoms with Crippen molar-refractivity contribution in [3.05, 3.63) is 58.0 Å². The van der Waals surface area contributed by atoms with Gasteiger partial charge in [0.2, 0.25) is 5.16 Å². The van der Waals surface area contributed by atoms with Gasteiger partial charge in [-0.1, -0.05) is 23.7 Å². The molecule has 3 rings (SSSR count). The summed E-state index contributed by atoms with van der Waals surface area (Å²) >= 11 is 7.00. The fraction of sp³-hybridized carbons (Fsp3) is 0.150. The van der Waals surface area contributed by atoms with E-state index in [1.165, 1.54) is 0 Å². The van der Waals surface area contributed by atoms with Crippen LogP contribution in [0.5, 0.6) is 11.5 Å². The summed E-state index contributed by atoms with van der Waals surface area (Å²) in [6, 6.07) is 12.3. The van der Waals surface area contributed by atoms with E-state index in [0.29, 0.717) is 28.8 Å². The standard InChI is InChI=1S/C20H18ClN3O4S/c1-3-28-14-7-4-12(5-8-14)10-17(19(25)26)29-20-22-18(23-24-20)15-11-13(21)6-9-16(15)27-2/h4-11H,3H2,1-2H3,(H,25,26)(H,22,23,24)/b17-10-. The van der Waals surface area contributed by atoms with Crippen LogP contribution in [-0.2, 0) is 4.79 Å². The Morgan fingerprint density at radius 1 is 1.28 bits per heavy atom. The molecule has 0 saturated carbocycles. The number of halogens is 1. The topological polar surface area (TPSA) is 97.3 Å². The highest BCUT2D eigenvalue weighted by Crippen LogP contribution is 2.32. The molecule has 0 radical (unpaired) electrons. The number of rotatable bonds is 8. The fourth-order valence-corrected chi connectivity index (χ4v) is 3.37. The highest BCUT2D eigenvalue weighted by Gasteiger charge is 2.16. The molecule has 0 fully saturated rings. The molecule has 0 amide bonds. The molecule has 1 heterocycles. The number of nitrogens with zero attached hydrogens (tertiary/aromatic N) is 2. The molecular weight excluding hydrogens is 414 g/mol. The van der Waals surface area contributed by atoms with Crippen molar-refractivity contribution in [3.8, 4) is 22.9 Å². The Balaban J connectivity index is 1.84. The van der Waals surface area contributed by atoms with E-state index in [-0.39, 0.29) is 10.1 Å². The minimum Gasteiger partial charge on any atom is -0.496 e. The number of benzene rings is 2. The quantitative estimate of drug-likeness (QED) is 0.392. The summed E-state index contributed by atoms with van der Waals surface area (Å²) in [7, 11) is 1.54. The highest BCUT2D eigenvalue weighted by molar-refractivity contribution is 8.04. The molecule has 0 saturated heterocycles. The average molecular weight is 432 g/mol. The smallest absolute Gasteiger partial charge is 0.342 e. The molecule has 0 aliphatic rings. The normalized spacial score (nSPS) is 11.3. The van der Waals surface area contributed by atoms with Gasteiger partial charge in [0.05, 0.1) is 19.3 Å². The Hall–Kier alpha value is -2.97. The number of carbonyl (C=O) groups is 1. The molecule has 0 spiro atoms. The maximum atomic E-state index is 11.7. The van der Waals surface area contributed by atoms with Gasteiger partial charge in [0.1, 0.15) is 16.4 Å². The van der Waals surface area contributed by atoms with Crippen LogP contribution in [0.3, 0.4) is 0 Å². The molecule has 1 aromatic heterocycles. The first-order valence-corrected chi connectivity index (χ1v) is 9.81.